The van der Waals surface area contributed by atoms with E-state index in [9.17, 15) is 9.59 Å². The lowest BCUT2D eigenvalue weighted by atomic mass is 9.62. The van der Waals surface area contributed by atoms with Crippen LogP contribution in [0.15, 0.2) is 29.4 Å². The molecule has 0 bridgehead atoms. The Hall–Kier alpha value is -2.66. The molecule has 1 saturated carbocycles. The Labute approximate surface area is 152 Å². The van der Waals surface area contributed by atoms with Gasteiger partial charge in [-0.05, 0) is 48.3 Å². The minimum absolute atomic E-state index is 0.0292. The highest BCUT2D eigenvalue weighted by Crippen LogP contribution is 2.46. The van der Waals surface area contributed by atoms with Crippen molar-refractivity contribution in [2.24, 2.45) is 15.8 Å². The van der Waals surface area contributed by atoms with Crippen molar-refractivity contribution in [3.05, 3.63) is 24.4 Å². The molecule has 3 rings (SSSR count). The third-order valence-electron chi connectivity index (χ3n) is 5.00. The molecule has 1 heterocycles. The maximum atomic E-state index is 12.5. The van der Waals surface area contributed by atoms with Crippen LogP contribution in [0.4, 0.5) is 10.5 Å². The van der Waals surface area contributed by atoms with Gasteiger partial charge in [-0.1, -0.05) is 20.8 Å². The Morgan fingerprint density at radius 2 is 2.19 bits per heavy atom. The summed E-state index contributed by atoms with van der Waals surface area (Å²) in [5.74, 6) is 0. The Balaban J connectivity index is 1.66. The average molecular weight is 355 g/mol. The lowest BCUT2D eigenvalue weighted by molar-refractivity contribution is 0.0816. The number of carbonyl (C=O) groups is 1. The number of hydrogen-bond acceptors (Lipinski definition) is 4. The van der Waals surface area contributed by atoms with Gasteiger partial charge in [0.05, 0.1) is 18.3 Å². The van der Waals surface area contributed by atoms with Gasteiger partial charge < -0.3 is 10.6 Å². The van der Waals surface area contributed by atoms with E-state index in [-0.39, 0.29) is 22.9 Å². The molecule has 7 heteroatoms. The molecule has 2 aromatic rings. The monoisotopic (exact) mass is 355 g/mol. The highest BCUT2D eigenvalue weighted by Gasteiger charge is 2.41. The van der Waals surface area contributed by atoms with Gasteiger partial charge in [0.1, 0.15) is 0 Å². The van der Waals surface area contributed by atoms with Gasteiger partial charge in [-0.25, -0.2) is 14.6 Å². The number of anilines is 1. The van der Waals surface area contributed by atoms with E-state index in [0.717, 1.165) is 30.2 Å². The lowest BCUT2D eigenvalue weighted by Gasteiger charge is -2.46. The molecule has 0 radical (unpaired) electrons. The van der Waals surface area contributed by atoms with Crippen molar-refractivity contribution in [1.82, 2.24) is 15.5 Å². The van der Waals surface area contributed by atoms with Crippen LogP contribution in [-0.4, -0.2) is 34.9 Å². The second-order valence-corrected chi connectivity index (χ2v) is 8.43. The third kappa shape index (κ3) is 4.29. The molecule has 0 spiro atoms. The summed E-state index contributed by atoms with van der Waals surface area (Å²) < 4.78 is 0. The van der Waals surface area contributed by atoms with Crippen LogP contribution < -0.4 is 10.6 Å². The van der Waals surface area contributed by atoms with Gasteiger partial charge in [-0.3, -0.25) is 5.10 Å². The zero-order valence-electron chi connectivity index (χ0n) is 15.4. The highest BCUT2D eigenvalue weighted by molar-refractivity contribution is 5.92. The first-order chi connectivity index (χ1) is 12.3. The van der Waals surface area contributed by atoms with Gasteiger partial charge in [-0.2, -0.15) is 5.10 Å². The minimum atomic E-state index is -0.229. The zero-order valence-corrected chi connectivity index (χ0v) is 15.4. The Morgan fingerprint density at radius 1 is 1.38 bits per heavy atom. The molecule has 2 amide bonds. The van der Waals surface area contributed by atoms with E-state index < -0.39 is 0 Å². The lowest BCUT2D eigenvalue weighted by Crippen LogP contribution is -2.48. The standard InChI is InChI=1S/C19H25N5O2/c1-18(2)7-15(8-19(3,10-18)11-20-12-25)23-17(26)22-14-5-4-13-9-21-24-16(13)6-14/h4-6,9,15H,7-8,10-11H2,1-3H3,(H,21,24)(H2,22,23,26). The van der Waals surface area contributed by atoms with Gasteiger partial charge in [0, 0.05) is 17.1 Å². The fraction of sp³-hybridized carbons (Fsp3) is 0.526. The molecular weight excluding hydrogens is 330 g/mol. The SMILES string of the molecule is CC1(C)CC(NC(=O)Nc2ccc3cn[nH]c3c2)CC(C)(CN=C=O)C1. The van der Waals surface area contributed by atoms with E-state index in [2.05, 4.69) is 46.6 Å². The summed E-state index contributed by atoms with van der Waals surface area (Å²) in [5.41, 5.74) is 1.54. The van der Waals surface area contributed by atoms with Crippen molar-refractivity contribution in [1.29, 1.82) is 0 Å². The Morgan fingerprint density at radius 3 is 2.96 bits per heavy atom. The van der Waals surface area contributed by atoms with Gasteiger partial charge in [0.2, 0.25) is 6.08 Å². The fourth-order valence-corrected chi connectivity index (χ4v) is 4.45. The molecule has 1 aliphatic rings. The number of aromatic nitrogens is 2. The molecule has 3 N–H and O–H groups in total. The van der Waals surface area contributed by atoms with Gasteiger partial charge in [0.25, 0.3) is 0 Å². The highest BCUT2D eigenvalue weighted by atomic mass is 16.2. The first kappa shape index (κ1) is 18.1. The number of nitrogens with zero attached hydrogens (tertiary/aromatic N) is 2. The van der Waals surface area contributed by atoms with Crippen LogP contribution >= 0.6 is 0 Å². The summed E-state index contributed by atoms with van der Waals surface area (Å²) in [5, 5.41) is 13.8. The topological polar surface area (TPSA) is 99.2 Å². The number of amides is 2. The van der Waals surface area contributed by atoms with Crippen LogP contribution in [0.1, 0.15) is 40.0 Å². The molecule has 2 atom stereocenters. The van der Waals surface area contributed by atoms with Crippen LogP contribution in [0.5, 0.6) is 0 Å². The normalized spacial score (nSPS) is 24.7. The zero-order chi connectivity index (χ0) is 18.8. The first-order valence-corrected chi connectivity index (χ1v) is 8.83. The molecular formula is C19H25N5O2. The number of urea groups is 1. The second kappa shape index (κ2) is 6.92. The van der Waals surface area contributed by atoms with Gasteiger partial charge in [-0.15, -0.1) is 0 Å². The average Bonchev–Trinajstić information content (AvgIpc) is 2.98. The number of benzene rings is 1. The molecule has 26 heavy (non-hydrogen) atoms. The van der Waals surface area contributed by atoms with Gasteiger partial charge in [0.15, 0.2) is 0 Å². The molecule has 0 aliphatic heterocycles. The van der Waals surface area contributed by atoms with E-state index in [0.29, 0.717) is 12.2 Å². The van der Waals surface area contributed by atoms with Crippen LogP contribution in [0.2, 0.25) is 0 Å². The number of rotatable bonds is 4. The molecule has 1 fully saturated rings. The van der Waals surface area contributed by atoms with Crippen molar-refractivity contribution in [2.45, 2.75) is 46.1 Å². The van der Waals surface area contributed by atoms with E-state index in [1.165, 1.54) is 0 Å². The van der Waals surface area contributed by atoms with Crippen molar-refractivity contribution >= 4 is 28.7 Å². The van der Waals surface area contributed by atoms with Crippen LogP contribution in [-0.2, 0) is 4.79 Å². The Bertz CT molecular complexity index is 852. The molecule has 1 aromatic carbocycles. The first-order valence-electron chi connectivity index (χ1n) is 8.83. The number of hydrogen-bond donors (Lipinski definition) is 3. The summed E-state index contributed by atoms with van der Waals surface area (Å²) in [6.07, 6.45) is 6.01. The summed E-state index contributed by atoms with van der Waals surface area (Å²) in [6, 6.07) is 5.42. The number of aromatic amines is 1. The maximum Gasteiger partial charge on any atom is 0.319 e. The third-order valence-corrected chi connectivity index (χ3v) is 5.00. The minimum Gasteiger partial charge on any atom is -0.335 e. The predicted octanol–water partition coefficient (Wildman–Crippen LogP) is 3.61. The number of nitrogens with one attached hydrogen (secondary N) is 3. The molecule has 138 valence electrons. The number of carbonyl (C=O) groups excluding carboxylic acids is 2. The summed E-state index contributed by atoms with van der Waals surface area (Å²) in [7, 11) is 0. The quantitative estimate of drug-likeness (QED) is 0.577. The fourth-order valence-electron chi connectivity index (χ4n) is 4.45. The number of isocyanates is 1. The molecule has 2 unspecified atom stereocenters. The van der Waals surface area contributed by atoms with Crippen LogP contribution in [0.25, 0.3) is 10.9 Å². The number of fused-ring (bicyclic) bond motifs is 1. The Kier molecular flexibility index (Phi) is 4.83. The van der Waals surface area contributed by atoms with Crippen LogP contribution in [0, 0.1) is 10.8 Å². The van der Waals surface area contributed by atoms with Crippen molar-refractivity contribution in [3.8, 4) is 0 Å². The van der Waals surface area contributed by atoms with Crippen molar-refractivity contribution < 1.29 is 9.59 Å². The number of aliphatic imine (C=N–C) groups is 1. The van der Waals surface area contributed by atoms with E-state index >= 15 is 0 Å². The largest absolute Gasteiger partial charge is 0.335 e. The van der Waals surface area contributed by atoms with E-state index in [1.807, 2.05) is 18.2 Å². The number of H-pyrrole nitrogens is 1. The van der Waals surface area contributed by atoms with Gasteiger partial charge >= 0.3 is 6.03 Å². The molecule has 1 aromatic heterocycles. The van der Waals surface area contributed by atoms with Crippen molar-refractivity contribution in [2.75, 3.05) is 11.9 Å². The smallest absolute Gasteiger partial charge is 0.319 e. The second-order valence-electron chi connectivity index (χ2n) is 8.43. The van der Waals surface area contributed by atoms with Crippen LogP contribution in [0.3, 0.4) is 0 Å². The summed E-state index contributed by atoms with van der Waals surface area (Å²) >= 11 is 0. The molecule has 0 saturated heterocycles. The maximum absolute atomic E-state index is 12.5. The van der Waals surface area contributed by atoms with E-state index in [1.54, 1.807) is 12.3 Å². The molecule has 1 aliphatic carbocycles. The predicted molar refractivity (Wildman–Crippen MR) is 101 cm³/mol. The summed E-state index contributed by atoms with van der Waals surface area (Å²) in [4.78, 5) is 26.8. The van der Waals surface area contributed by atoms with E-state index in [4.69, 9.17) is 0 Å². The molecule has 7 nitrogen and oxygen atoms in total. The summed E-state index contributed by atoms with van der Waals surface area (Å²) in [6.45, 7) is 6.94. The van der Waals surface area contributed by atoms with Crippen molar-refractivity contribution in [3.63, 3.8) is 0 Å².